The van der Waals surface area contributed by atoms with Gasteiger partial charge in [0, 0.05) is 34.4 Å². The Kier molecular flexibility index (Phi) is 4.31. The normalized spacial score (nSPS) is 10.8. The summed E-state index contributed by atoms with van der Waals surface area (Å²) in [6.45, 7) is 8.73. The van der Waals surface area contributed by atoms with Crippen LogP contribution < -0.4 is 9.47 Å². The third-order valence-electron chi connectivity index (χ3n) is 3.88. The molecule has 0 saturated heterocycles. The molecule has 3 aromatic rings. The van der Waals surface area contributed by atoms with Crippen molar-refractivity contribution in [3.05, 3.63) is 48.0 Å². The van der Waals surface area contributed by atoms with Crippen LogP contribution in [0.15, 0.2) is 46.9 Å². The highest BCUT2D eigenvalue weighted by molar-refractivity contribution is 6.07. The van der Waals surface area contributed by atoms with E-state index in [0.29, 0.717) is 34.7 Å². The van der Waals surface area contributed by atoms with Crippen LogP contribution >= 0.6 is 0 Å². The average Bonchev–Trinajstić information content (AvgIpc) is 2.95. The Labute approximate surface area is 144 Å². The number of esters is 2. The maximum absolute atomic E-state index is 11.6. The van der Waals surface area contributed by atoms with Gasteiger partial charge in [-0.3, -0.25) is 4.79 Å². The largest absolute Gasteiger partial charge is 0.455 e. The van der Waals surface area contributed by atoms with E-state index in [2.05, 4.69) is 6.58 Å². The Morgan fingerprint density at radius 2 is 1.84 bits per heavy atom. The fourth-order valence-corrected chi connectivity index (χ4v) is 2.50. The first-order valence-corrected chi connectivity index (χ1v) is 7.95. The molecule has 0 bridgehead atoms. The van der Waals surface area contributed by atoms with Gasteiger partial charge in [0.15, 0.2) is 0 Å². The number of furan rings is 1. The van der Waals surface area contributed by atoms with Crippen molar-refractivity contribution >= 4 is 33.9 Å². The lowest BCUT2D eigenvalue weighted by molar-refractivity contribution is -0.134. The van der Waals surface area contributed by atoms with Gasteiger partial charge in [0.2, 0.25) is 0 Å². The Morgan fingerprint density at radius 3 is 2.52 bits per heavy atom. The fraction of sp³-hybridized carbons (Fsp3) is 0.200. The fourth-order valence-electron chi connectivity index (χ4n) is 2.50. The minimum atomic E-state index is -0.486. The summed E-state index contributed by atoms with van der Waals surface area (Å²) in [6, 6.07) is 8.81. The Hall–Kier alpha value is -3.08. The lowest BCUT2D eigenvalue weighted by Gasteiger charge is -2.06. The van der Waals surface area contributed by atoms with Crippen molar-refractivity contribution in [3.63, 3.8) is 0 Å². The van der Waals surface area contributed by atoms with Crippen molar-refractivity contribution in [1.29, 1.82) is 0 Å². The number of aryl methyl sites for hydroxylation is 1. The van der Waals surface area contributed by atoms with Crippen LogP contribution in [0.5, 0.6) is 11.5 Å². The first-order valence-electron chi connectivity index (χ1n) is 7.95. The molecule has 3 rings (SSSR count). The molecule has 0 radical (unpaired) electrons. The number of rotatable bonds is 4. The second-order valence-corrected chi connectivity index (χ2v) is 5.82. The summed E-state index contributed by atoms with van der Waals surface area (Å²) in [6.07, 6.45) is 0.301. The summed E-state index contributed by atoms with van der Waals surface area (Å²) < 4.78 is 16.5. The molecule has 5 nitrogen and oxygen atoms in total. The molecule has 0 aliphatic heterocycles. The monoisotopic (exact) mass is 338 g/mol. The highest BCUT2D eigenvalue weighted by atomic mass is 16.5. The van der Waals surface area contributed by atoms with E-state index in [1.54, 1.807) is 32.0 Å². The van der Waals surface area contributed by atoms with Gasteiger partial charge < -0.3 is 13.9 Å². The van der Waals surface area contributed by atoms with Crippen LogP contribution in [0.4, 0.5) is 0 Å². The van der Waals surface area contributed by atoms with E-state index in [1.807, 2.05) is 19.1 Å². The van der Waals surface area contributed by atoms with Crippen molar-refractivity contribution < 1.29 is 23.5 Å². The third kappa shape index (κ3) is 3.13. The number of carbonyl (C=O) groups excluding carboxylic acids is 2. The van der Waals surface area contributed by atoms with E-state index >= 15 is 0 Å². The van der Waals surface area contributed by atoms with E-state index < -0.39 is 5.97 Å². The lowest BCUT2D eigenvalue weighted by Crippen LogP contribution is -2.07. The maximum atomic E-state index is 11.6. The summed E-state index contributed by atoms with van der Waals surface area (Å²) in [4.78, 5) is 23.2. The lowest BCUT2D eigenvalue weighted by atomic mass is 10.1. The van der Waals surface area contributed by atoms with Gasteiger partial charge in [-0.05, 0) is 38.1 Å². The van der Waals surface area contributed by atoms with Gasteiger partial charge in [0.05, 0.1) is 0 Å². The van der Waals surface area contributed by atoms with Crippen molar-refractivity contribution in [2.24, 2.45) is 0 Å². The number of hydrogen-bond donors (Lipinski definition) is 0. The van der Waals surface area contributed by atoms with E-state index in [0.717, 1.165) is 16.3 Å². The van der Waals surface area contributed by atoms with Gasteiger partial charge in [-0.15, -0.1) is 0 Å². The number of ether oxygens (including phenoxy) is 2. The van der Waals surface area contributed by atoms with Gasteiger partial charge in [-0.2, -0.15) is 0 Å². The second-order valence-electron chi connectivity index (χ2n) is 5.82. The molecule has 0 N–H and O–H groups in total. The average molecular weight is 338 g/mol. The highest BCUT2D eigenvalue weighted by Crippen LogP contribution is 2.36. The third-order valence-corrected chi connectivity index (χ3v) is 3.88. The molecule has 128 valence electrons. The molecule has 1 aromatic heterocycles. The molecule has 25 heavy (non-hydrogen) atoms. The predicted octanol–water partition coefficient (Wildman–Crippen LogP) is 4.69. The number of benzene rings is 2. The van der Waals surface area contributed by atoms with E-state index in [9.17, 15) is 9.59 Å². The summed E-state index contributed by atoms with van der Waals surface area (Å²) in [5.74, 6) is 0.0788. The van der Waals surface area contributed by atoms with Crippen LogP contribution in [0.1, 0.15) is 25.8 Å². The smallest absolute Gasteiger partial charge is 0.338 e. The standard InChI is InChI=1S/C20H18O5/c1-5-18(21)24-16-9-8-15-14-7-6-13(23-20(22)11(2)3)10-17(14)25-19(15)12(16)4/h6-10H,2,5H2,1,3-4H3. The minimum Gasteiger partial charge on any atom is -0.455 e. The molecule has 1 heterocycles. The number of fused-ring (bicyclic) bond motifs is 3. The zero-order valence-corrected chi connectivity index (χ0v) is 14.3. The van der Waals surface area contributed by atoms with Crippen LogP contribution in [0, 0.1) is 6.92 Å². The molecule has 0 saturated carbocycles. The van der Waals surface area contributed by atoms with Gasteiger partial charge >= 0.3 is 11.9 Å². The summed E-state index contributed by atoms with van der Waals surface area (Å²) in [7, 11) is 0. The molecule has 0 aliphatic rings. The van der Waals surface area contributed by atoms with Crippen molar-refractivity contribution in [1.82, 2.24) is 0 Å². The van der Waals surface area contributed by atoms with Crippen molar-refractivity contribution in [2.75, 3.05) is 0 Å². The number of carbonyl (C=O) groups is 2. The zero-order chi connectivity index (χ0) is 18.1. The molecule has 0 amide bonds. The van der Waals surface area contributed by atoms with Crippen LogP contribution in [0.2, 0.25) is 0 Å². The molecule has 5 heteroatoms. The van der Waals surface area contributed by atoms with E-state index in [1.165, 1.54) is 0 Å². The Morgan fingerprint density at radius 1 is 1.12 bits per heavy atom. The van der Waals surface area contributed by atoms with Crippen molar-refractivity contribution in [2.45, 2.75) is 27.2 Å². The van der Waals surface area contributed by atoms with Crippen LogP contribution in [-0.4, -0.2) is 11.9 Å². The van der Waals surface area contributed by atoms with E-state index in [4.69, 9.17) is 13.9 Å². The summed E-state index contributed by atoms with van der Waals surface area (Å²) in [5, 5.41) is 1.79. The molecule has 0 atom stereocenters. The quantitative estimate of drug-likeness (QED) is 0.392. The van der Waals surface area contributed by atoms with Gasteiger partial charge in [-0.1, -0.05) is 13.5 Å². The van der Waals surface area contributed by atoms with Gasteiger partial charge in [0.1, 0.15) is 22.7 Å². The molecular weight excluding hydrogens is 320 g/mol. The molecule has 0 spiro atoms. The van der Waals surface area contributed by atoms with E-state index in [-0.39, 0.29) is 5.97 Å². The molecular formula is C20H18O5. The van der Waals surface area contributed by atoms with Crippen LogP contribution in [-0.2, 0) is 9.59 Å². The summed E-state index contributed by atoms with van der Waals surface area (Å²) in [5.41, 5.74) is 2.29. The van der Waals surface area contributed by atoms with Crippen LogP contribution in [0.3, 0.4) is 0 Å². The topological polar surface area (TPSA) is 65.7 Å². The first-order chi connectivity index (χ1) is 11.9. The van der Waals surface area contributed by atoms with Crippen molar-refractivity contribution in [3.8, 4) is 11.5 Å². The molecule has 2 aromatic carbocycles. The Balaban J connectivity index is 2.06. The zero-order valence-electron chi connectivity index (χ0n) is 14.3. The molecule has 0 fully saturated rings. The number of hydrogen-bond acceptors (Lipinski definition) is 5. The Bertz CT molecular complexity index is 1010. The predicted molar refractivity (Wildman–Crippen MR) is 94.8 cm³/mol. The highest BCUT2D eigenvalue weighted by Gasteiger charge is 2.15. The van der Waals surface area contributed by atoms with Gasteiger partial charge in [-0.25, -0.2) is 4.79 Å². The minimum absolute atomic E-state index is 0.299. The SMILES string of the molecule is C=C(C)C(=O)Oc1ccc2c(c1)oc1c(C)c(OC(=O)CC)ccc12. The second kappa shape index (κ2) is 6.43. The molecule has 0 unspecified atom stereocenters. The van der Waals surface area contributed by atoms with Gasteiger partial charge in [0.25, 0.3) is 0 Å². The maximum Gasteiger partial charge on any atom is 0.338 e. The molecule has 0 aliphatic carbocycles. The van der Waals surface area contributed by atoms with Crippen LogP contribution in [0.25, 0.3) is 21.9 Å². The summed E-state index contributed by atoms with van der Waals surface area (Å²) >= 11 is 0. The first kappa shape index (κ1) is 16.8.